The first-order chi connectivity index (χ1) is 12.8. The molecule has 3 rings (SSSR count). The maximum absolute atomic E-state index is 5.24. The molecule has 1 aromatic carbocycles. The maximum Gasteiger partial charge on any atom is 0.191 e. The fourth-order valence-electron chi connectivity index (χ4n) is 3.44. The van der Waals surface area contributed by atoms with Crippen molar-refractivity contribution in [2.75, 3.05) is 39.8 Å². The van der Waals surface area contributed by atoms with E-state index in [1.807, 2.05) is 0 Å². The number of hydrogen-bond donors (Lipinski definition) is 2. The number of piperidine rings is 1. The lowest BCUT2D eigenvalue weighted by molar-refractivity contribution is 0.178. The molecule has 5 heteroatoms. The van der Waals surface area contributed by atoms with E-state index in [0.717, 1.165) is 49.7 Å². The van der Waals surface area contributed by atoms with Gasteiger partial charge in [0.1, 0.15) is 5.75 Å². The zero-order chi connectivity index (χ0) is 18.2. The van der Waals surface area contributed by atoms with Crippen LogP contribution in [-0.4, -0.2) is 50.7 Å². The molecule has 1 aliphatic carbocycles. The summed E-state index contributed by atoms with van der Waals surface area (Å²) in [6, 6.07) is 8.45. The lowest BCUT2D eigenvalue weighted by atomic mass is 9.96. The maximum atomic E-state index is 5.24. The third-order valence-corrected chi connectivity index (χ3v) is 5.38. The van der Waals surface area contributed by atoms with Gasteiger partial charge >= 0.3 is 0 Å². The molecule has 2 N–H and O–H groups in total. The third-order valence-electron chi connectivity index (χ3n) is 5.38. The Morgan fingerprint density at radius 2 is 1.81 bits per heavy atom. The zero-order valence-corrected chi connectivity index (χ0v) is 16.3. The minimum Gasteiger partial charge on any atom is -0.497 e. The van der Waals surface area contributed by atoms with Crippen molar-refractivity contribution >= 4 is 5.96 Å². The summed E-state index contributed by atoms with van der Waals surface area (Å²) in [5.41, 5.74) is 1.36. The van der Waals surface area contributed by atoms with Crippen molar-refractivity contribution in [1.82, 2.24) is 15.5 Å². The van der Waals surface area contributed by atoms with E-state index in [4.69, 9.17) is 9.73 Å². The Kier molecular flexibility index (Phi) is 7.18. The number of likely N-dealkylation sites (tertiary alicyclic amines) is 1. The highest BCUT2D eigenvalue weighted by Crippen LogP contribution is 2.28. The highest BCUT2D eigenvalue weighted by Gasteiger charge is 2.21. The number of methoxy groups -OCH3 is 1. The zero-order valence-electron chi connectivity index (χ0n) is 16.3. The number of ether oxygens (including phenoxy) is 1. The van der Waals surface area contributed by atoms with Gasteiger partial charge in [-0.15, -0.1) is 0 Å². The topological polar surface area (TPSA) is 48.9 Å². The van der Waals surface area contributed by atoms with Crippen LogP contribution in [0.25, 0.3) is 0 Å². The number of rotatable bonds is 8. The molecule has 0 amide bonds. The van der Waals surface area contributed by atoms with Crippen LogP contribution in [0.15, 0.2) is 29.3 Å². The highest BCUT2D eigenvalue weighted by atomic mass is 16.5. The summed E-state index contributed by atoms with van der Waals surface area (Å²) in [5, 5.41) is 6.93. The molecule has 1 saturated carbocycles. The standard InChI is InChI=1S/C21H34N4O/c1-3-22-21(23-14-17-4-5-17)24-15-18-10-12-25(13-11-18)16-19-6-8-20(26-2)9-7-19/h6-9,17-18H,3-5,10-16H2,1-2H3,(H2,22,23,24). The predicted octanol–water partition coefficient (Wildman–Crippen LogP) is 2.87. The van der Waals surface area contributed by atoms with Crippen LogP contribution in [0.4, 0.5) is 0 Å². The molecule has 26 heavy (non-hydrogen) atoms. The minimum absolute atomic E-state index is 0.742. The first-order valence-corrected chi connectivity index (χ1v) is 10.1. The summed E-state index contributed by atoms with van der Waals surface area (Å²) < 4.78 is 5.24. The minimum atomic E-state index is 0.742. The fourth-order valence-corrected chi connectivity index (χ4v) is 3.44. The van der Waals surface area contributed by atoms with E-state index in [1.165, 1.54) is 44.3 Å². The van der Waals surface area contributed by atoms with E-state index in [9.17, 15) is 0 Å². The van der Waals surface area contributed by atoms with Gasteiger partial charge < -0.3 is 15.4 Å². The summed E-state index contributed by atoms with van der Waals surface area (Å²) in [6.07, 6.45) is 5.22. The van der Waals surface area contributed by atoms with Gasteiger partial charge in [-0.1, -0.05) is 12.1 Å². The number of aliphatic imine (C=N–C) groups is 1. The lowest BCUT2D eigenvalue weighted by Gasteiger charge is -2.32. The second kappa shape index (κ2) is 9.81. The van der Waals surface area contributed by atoms with E-state index in [1.54, 1.807) is 7.11 Å². The Hall–Kier alpha value is -1.75. The summed E-state index contributed by atoms with van der Waals surface area (Å²) in [6.45, 7) is 8.46. The van der Waals surface area contributed by atoms with Crippen LogP contribution >= 0.6 is 0 Å². The smallest absolute Gasteiger partial charge is 0.191 e. The van der Waals surface area contributed by atoms with Gasteiger partial charge in [0.05, 0.1) is 7.11 Å². The van der Waals surface area contributed by atoms with Crippen molar-refractivity contribution in [3.05, 3.63) is 29.8 Å². The van der Waals surface area contributed by atoms with Gasteiger partial charge in [0.25, 0.3) is 0 Å². The molecule has 0 aromatic heterocycles. The van der Waals surface area contributed by atoms with Crippen LogP contribution in [0.1, 0.15) is 38.2 Å². The summed E-state index contributed by atoms with van der Waals surface area (Å²) >= 11 is 0. The van der Waals surface area contributed by atoms with Gasteiger partial charge in [0.15, 0.2) is 5.96 Å². The SMILES string of the molecule is CCNC(=NCC1CC1)NCC1CCN(Cc2ccc(OC)cc2)CC1. The van der Waals surface area contributed by atoms with Gasteiger partial charge in [-0.25, -0.2) is 0 Å². The van der Waals surface area contributed by atoms with Gasteiger partial charge in [0.2, 0.25) is 0 Å². The van der Waals surface area contributed by atoms with Crippen LogP contribution in [0.2, 0.25) is 0 Å². The van der Waals surface area contributed by atoms with Crippen molar-refractivity contribution in [2.24, 2.45) is 16.8 Å². The predicted molar refractivity (Wildman–Crippen MR) is 108 cm³/mol. The lowest BCUT2D eigenvalue weighted by Crippen LogP contribution is -2.42. The molecular weight excluding hydrogens is 324 g/mol. The molecule has 2 fully saturated rings. The van der Waals surface area contributed by atoms with E-state index >= 15 is 0 Å². The molecule has 1 saturated heterocycles. The number of hydrogen-bond acceptors (Lipinski definition) is 3. The van der Waals surface area contributed by atoms with Crippen molar-refractivity contribution in [2.45, 2.75) is 39.2 Å². The van der Waals surface area contributed by atoms with Crippen molar-refractivity contribution in [1.29, 1.82) is 0 Å². The highest BCUT2D eigenvalue weighted by molar-refractivity contribution is 5.79. The molecule has 2 aliphatic rings. The van der Waals surface area contributed by atoms with Gasteiger partial charge in [-0.2, -0.15) is 0 Å². The quantitative estimate of drug-likeness (QED) is 0.554. The average molecular weight is 359 g/mol. The van der Waals surface area contributed by atoms with Crippen LogP contribution in [0.5, 0.6) is 5.75 Å². The van der Waals surface area contributed by atoms with Crippen LogP contribution < -0.4 is 15.4 Å². The Morgan fingerprint density at radius 3 is 2.42 bits per heavy atom. The number of benzene rings is 1. The van der Waals surface area contributed by atoms with Crippen LogP contribution in [0.3, 0.4) is 0 Å². The van der Waals surface area contributed by atoms with Gasteiger partial charge in [-0.05, 0) is 75.2 Å². The van der Waals surface area contributed by atoms with Gasteiger partial charge in [-0.3, -0.25) is 9.89 Å². The van der Waals surface area contributed by atoms with Crippen molar-refractivity contribution < 1.29 is 4.74 Å². The van der Waals surface area contributed by atoms with E-state index in [2.05, 4.69) is 46.7 Å². The average Bonchev–Trinajstić information content (AvgIpc) is 3.50. The Balaban J connectivity index is 1.37. The number of guanidine groups is 1. The second-order valence-corrected chi connectivity index (χ2v) is 7.61. The molecule has 0 radical (unpaired) electrons. The van der Waals surface area contributed by atoms with Crippen LogP contribution in [0, 0.1) is 11.8 Å². The first-order valence-electron chi connectivity index (χ1n) is 10.1. The van der Waals surface area contributed by atoms with Gasteiger partial charge in [0, 0.05) is 26.2 Å². The largest absolute Gasteiger partial charge is 0.497 e. The summed E-state index contributed by atoms with van der Waals surface area (Å²) in [7, 11) is 1.71. The summed E-state index contributed by atoms with van der Waals surface area (Å²) in [4.78, 5) is 7.28. The van der Waals surface area contributed by atoms with Crippen LogP contribution in [-0.2, 0) is 6.54 Å². The van der Waals surface area contributed by atoms with Crippen molar-refractivity contribution in [3.63, 3.8) is 0 Å². The molecule has 0 bridgehead atoms. The fraction of sp³-hybridized carbons (Fsp3) is 0.667. The molecule has 1 aliphatic heterocycles. The molecule has 0 atom stereocenters. The Bertz CT molecular complexity index is 560. The third kappa shape index (κ3) is 6.20. The Labute approximate surface area is 158 Å². The van der Waals surface area contributed by atoms with Crippen molar-refractivity contribution in [3.8, 4) is 5.75 Å². The Morgan fingerprint density at radius 1 is 1.08 bits per heavy atom. The van der Waals surface area contributed by atoms with E-state index in [-0.39, 0.29) is 0 Å². The molecule has 0 unspecified atom stereocenters. The number of nitrogens with zero attached hydrogens (tertiary/aromatic N) is 2. The molecule has 5 nitrogen and oxygen atoms in total. The molecule has 1 aromatic rings. The molecule has 1 heterocycles. The molecule has 0 spiro atoms. The first kappa shape index (κ1) is 19.0. The second-order valence-electron chi connectivity index (χ2n) is 7.61. The molecular formula is C21H34N4O. The van der Waals surface area contributed by atoms with E-state index in [0.29, 0.717) is 0 Å². The number of nitrogens with one attached hydrogen (secondary N) is 2. The molecule has 144 valence electrons. The normalized spacial score (nSPS) is 19.4. The summed E-state index contributed by atoms with van der Waals surface area (Å²) in [5.74, 6) is 3.51. The van der Waals surface area contributed by atoms with E-state index < -0.39 is 0 Å². The monoisotopic (exact) mass is 358 g/mol.